The number of alkyl halides is 1. The van der Waals surface area contributed by atoms with Crippen LogP contribution in [0.4, 0.5) is 4.39 Å². The van der Waals surface area contributed by atoms with Gasteiger partial charge in [0.15, 0.2) is 0 Å². The summed E-state index contributed by atoms with van der Waals surface area (Å²) in [6, 6.07) is 40.4. The monoisotopic (exact) mass is 494 g/mol. The number of rotatable bonds is 8. The fraction of sp³-hybridized carbons (Fsp3) is 0.111. The summed E-state index contributed by atoms with van der Waals surface area (Å²) in [5, 5.41) is 3.88. The van der Waals surface area contributed by atoms with Gasteiger partial charge in [-0.25, -0.2) is 4.39 Å². The van der Waals surface area contributed by atoms with Crippen molar-refractivity contribution in [1.82, 2.24) is 0 Å². The van der Waals surface area contributed by atoms with Gasteiger partial charge in [0.25, 0.3) is 0 Å². The van der Waals surface area contributed by atoms with Crippen LogP contribution in [0, 0.1) is 0 Å². The van der Waals surface area contributed by atoms with E-state index in [1.165, 1.54) is 21.5 Å². The highest BCUT2D eigenvalue weighted by Gasteiger charge is 2.45. The Hall–Kier alpha value is -2.48. The van der Waals surface area contributed by atoms with Crippen LogP contribution in [0.3, 0.4) is 0 Å². The second-order valence-electron chi connectivity index (χ2n) is 7.16. The van der Waals surface area contributed by atoms with Gasteiger partial charge in [-0.3, -0.25) is 0 Å². The van der Waals surface area contributed by atoms with Gasteiger partial charge in [-0.2, -0.15) is 0 Å². The van der Waals surface area contributed by atoms with Gasteiger partial charge in [0, 0.05) is 6.07 Å². The molecule has 4 heteroatoms. The first kappa shape index (κ1) is 23.2. The Bertz CT molecular complexity index is 1020. The first-order valence-corrected chi connectivity index (χ1v) is 12.1. The van der Waals surface area contributed by atoms with E-state index in [-0.39, 0.29) is 23.6 Å². The van der Waals surface area contributed by atoms with E-state index in [2.05, 4.69) is 103 Å². The highest BCUT2D eigenvalue weighted by atomic mass is 79.9. The Kier molecular flexibility index (Phi) is 8.40. The normalized spacial score (nSPS) is 10.9. The molecule has 1 nitrogen and oxygen atoms in total. The molecule has 0 unspecified atom stereocenters. The molecule has 0 N–H and O–H groups in total. The van der Waals surface area contributed by atoms with E-state index < -0.39 is 13.9 Å². The summed E-state index contributed by atoms with van der Waals surface area (Å²) >= 11 is 0. The van der Waals surface area contributed by atoms with Crippen molar-refractivity contribution in [3.63, 3.8) is 0 Å². The zero-order valence-corrected chi connectivity index (χ0v) is 19.7. The zero-order valence-electron chi connectivity index (χ0n) is 17.2. The van der Waals surface area contributed by atoms with Crippen LogP contribution in [0.5, 0.6) is 5.75 Å². The van der Waals surface area contributed by atoms with Gasteiger partial charge in [-0.15, -0.1) is 0 Å². The average molecular weight is 495 g/mol. The van der Waals surface area contributed by atoms with Crippen molar-refractivity contribution < 1.29 is 26.1 Å². The Morgan fingerprint density at radius 1 is 0.613 bits per heavy atom. The van der Waals surface area contributed by atoms with Crippen molar-refractivity contribution in [3.05, 3.63) is 121 Å². The molecule has 0 fully saturated rings. The summed E-state index contributed by atoms with van der Waals surface area (Å²) < 4.78 is 18.4. The summed E-state index contributed by atoms with van der Waals surface area (Å²) in [5.74, 6) is 0.717. The van der Waals surface area contributed by atoms with Crippen molar-refractivity contribution in [1.29, 1.82) is 0 Å². The lowest BCUT2D eigenvalue weighted by atomic mass is 10.2. The molecule has 0 aromatic heterocycles. The van der Waals surface area contributed by atoms with E-state index in [1.54, 1.807) is 0 Å². The summed E-state index contributed by atoms with van der Waals surface area (Å²) in [6.07, 6.45) is 0.911. The van der Waals surface area contributed by atoms with E-state index in [0.717, 1.165) is 11.9 Å². The molecule has 158 valence electrons. The maximum Gasteiger partial charge on any atom is 0.123 e. The molecule has 0 aliphatic carbocycles. The van der Waals surface area contributed by atoms with Crippen LogP contribution in [-0.2, 0) is 6.16 Å². The molecule has 0 saturated heterocycles. The van der Waals surface area contributed by atoms with Crippen LogP contribution in [0.15, 0.2) is 115 Å². The summed E-state index contributed by atoms with van der Waals surface area (Å²) in [4.78, 5) is 0. The number of hydrogen-bond donors (Lipinski definition) is 0. The molecule has 0 atom stereocenters. The smallest absolute Gasteiger partial charge is 0.123 e. The second kappa shape index (κ2) is 11.2. The molecule has 0 bridgehead atoms. The van der Waals surface area contributed by atoms with Gasteiger partial charge in [0.1, 0.15) is 42.2 Å². The van der Waals surface area contributed by atoms with E-state index in [4.69, 9.17) is 4.74 Å². The summed E-state index contributed by atoms with van der Waals surface area (Å²) in [5.41, 5.74) is 1.30. The molecular formula is C27H25BrFOP. The van der Waals surface area contributed by atoms with Crippen LogP contribution in [0.25, 0.3) is 0 Å². The Balaban J connectivity index is 0.00000272. The molecule has 0 amide bonds. The van der Waals surface area contributed by atoms with Gasteiger partial charge in [0.05, 0.1) is 6.16 Å². The lowest BCUT2D eigenvalue weighted by molar-refractivity contribution is -0.00000668. The van der Waals surface area contributed by atoms with Crippen LogP contribution in [0.1, 0.15) is 5.56 Å². The second-order valence-corrected chi connectivity index (χ2v) is 10.6. The molecule has 0 spiro atoms. The van der Waals surface area contributed by atoms with Crippen molar-refractivity contribution >= 4 is 23.2 Å². The third kappa shape index (κ3) is 5.23. The molecule has 4 aromatic carbocycles. The molecule has 0 heterocycles. The number of ether oxygens (including phenoxy) is 1. The molecule has 0 saturated carbocycles. The number of benzene rings is 4. The number of hydrogen-bond acceptors (Lipinski definition) is 1. The van der Waals surface area contributed by atoms with Crippen molar-refractivity contribution in [2.75, 3.05) is 13.3 Å². The molecular weight excluding hydrogens is 470 g/mol. The summed E-state index contributed by atoms with van der Waals surface area (Å²) in [6.45, 7) is -0.420. The van der Waals surface area contributed by atoms with Gasteiger partial charge in [-0.1, -0.05) is 72.8 Å². The largest absolute Gasteiger partial charge is 1.00 e. The van der Waals surface area contributed by atoms with E-state index in [0.29, 0.717) is 0 Å². The first-order valence-electron chi connectivity index (χ1n) is 10.2. The minimum atomic E-state index is -2.01. The zero-order chi connectivity index (χ0) is 20.7. The first-order chi connectivity index (χ1) is 14.8. The van der Waals surface area contributed by atoms with E-state index in [9.17, 15) is 4.39 Å². The highest BCUT2D eigenvalue weighted by molar-refractivity contribution is 7.95. The molecule has 0 aliphatic heterocycles. The lowest BCUT2D eigenvalue weighted by Gasteiger charge is -2.28. The standard InChI is InChI=1S/C27H25FOP.BrH/c28-19-20-29-24-13-10-18-27(21-24)30(25-14-6-2-7-15-25,26-16-8-3-9-17-26)22-23-11-4-1-5-12-23;/h1-18,21H,19-20,22H2;1H/q+1;/p-1. The molecule has 31 heavy (non-hydrogen) atoms. The SMILES string of the molecule is FCCOc1cccc([P+](Cc2ccccc2)(c2ccccc2)c2ccccc2)c1.[Br-]. The predicted molar refractivity (Wildman–Crippen MR) is 127 cm³/mol. The van der Waals surface area contributed by atoms with Crippen LogP contribution < -0.4 is 37.6 Å². The molecule has 0 radical (unpaired) electrons. The van der Waals surface area contributed by atoms with Crippen molar-refractivity contribution in [3.8, 4) is 5.75 Å². The fourth-order valence-electron chi connectivity index (χ4n) is 3.91. The Morgan fingerprint density at radius 3 is 1.68 bits per heavy atom. The minimum absolute atomic E-state index is 0. The van der Waals surface area contributed by atoms with E-state index >= 15 is 0 Å². The average Bonchev–Trinajstić information content (AvgIpc) is 2.83. The molecule has 0 aliphatic rings. The third-order valence-electron chi connectivity index (χ3n) is 5.26. The minimum Gasteiger partial charge on any atom is -1.00 e. The van der Waals surface area contributed by atoms with Crippen LogP contribution >= 0.6 is 7.26 Å². The highest BCUT2D eigenvalue weighted by Crippen LogP contribution is 2.58. The molecule has 4 rings (SSSR count). The quantitative estimate of drug-likeness (QED) is 0.342. The van der Waals surface area contributed by atoms with Gasteiger partial charge in [0.2, 0.25) is 0 Å². The van der Waals surface area contributed by atoms with Crippen LogP contribution in [-0.4, -0.2) is 13.3 Å². The van der Waals surface area contributed by atoms with Gasteiger partial charge >= 0.3 is 0 Å². The Morgan fingerprint density at radius 2 is 1.13 bits per heavy atom. The number of halogens is 2. The Labute approximate surface area is 195 Å². The van der Waals surface area contributed by atoms with E-state index in [1.807, 2.05) is 12.1 Å². The lowest BCUT2D eigenvalue weighted by Crippen LogP contribution is -3.00. The van der Waals surface area contributed by atoms with Gasteiger partial charge < -0.3 is 21.7 Å². The predicted octanol–water partition coefficient (Wildman–Crippen LogP) is 2.53. The molecule has 4 aromatic rings. The van der Waals surface area contributed by atoms with Crippen molar-refractivity contribution in [2.24, 2.45) is 0 Å². The third-order valence-corrected chi connectivity index (χ3v) is 9.62. The topological polar surface area (TPSA) is 9.23 Å². The van der Waals surface area contributed by atoms with Crippen molar-refractivity contribution in [2.45, 2.75) is 6.16 Å². The summed E-state index contributed by atoms with van der Waals surface area (Å²) in [7, 11) is -2.01. The fourth-order valence-corrected chi connectivity index (χ4v) is 8.16. The maximum absolute atomic E-state index is 12.7. The van der Waals surface area contributed by atoms with Gasteiger partial charge in [-0.05, 0) is 42.0 Å². The maximum atomic E-state index is 12.7. The van der Waals surface area contributed by atoms with Crippen LogP contribution in [0.2, 0.25) is 0 Å².